The van der Waals surface area contributed by atoms with Gasteiger partial charge in [-0.05, 0) is 44.1 Å². The van der Waals surface area contributed by atoms with E-state index in [1.54, 1.807) is 4.31 Å². The van der Waals surface area contributed by atoms with Crippen molar-refractivity contribution < 1.29 is 8.42 Å². The van der Waals surface area contributed by atoms with Crippen molar-refractivity contribution in [1.29, 1.82) is 0 Å². The molecule has 0 spiro atoms. The molecule has 0 aromatic heterocycles. The fraction of sp³-hybridized carbons (Fsp3) is 1.00. The molecule has 6 heteroatoms. The van der Waals surface area contributed by atoms with E-state index < -0.39 is 10.2 Å². The van der Waals surface area contributed by atoms with Gasteiger partial charge in [0.05, 0.1) is 0 Å². The van der Waals surface area contributed by atoms with Crippen LogP contribution in [0.15, 0.2) is 0 Å². The Hall–Kier alpha value is -0.170. The van der Waals surface area contributed by atoms with Gasteiger partial charge in [-0.15, -0.1) is 0 Å². The smallest absolute Gasteiger partial charge is 0.279 e. The lowest BCUT2D eigenvalue weighted by atomic mass is 9.94. The first-order valence-electron chi connectivity index (χ1n) is 7.45. The van der Waals surface area contributed by atoms with E-state index in [2.05, 4.69) is 23.9 Å². The van der Waals surface area contributed by atoms with Gasteiger partial charge < -0.3 is 5.32 Å². The second-order valence-electron chi connectivity index (χ2n) is 6.24. The summed E-state index contributed by atoms with van der Waals surface area (Å²) >= 11 is 0. The van der Waals surface area contributed by atoms with Crippen molar-refractivity contribution in [3.8, 4) is 0 Å². The molecule has 1 aliphatic heterocycles. The zero-order valence-corrected chi connectivity index (χ0v) is 12.9. The zero-order chi connectivity index (χ0) is 13.9. The quantitative estimate of drug-likeness (QED) is 0.686. The molecule has 2 aliphatic rings. The lowest BCUT2D eigenvalue weighted by Gasteiger charge is -2.33. The molecule has 0 radical (unpaired) electrons. The van der Waals surface area contributed by atoms with Crippen molar-refractivity contribution in [3.05, 3.63) is 0 Å². The van der Waals surface area contributed by atoms with Crippen molar-refractivity contribution >= 4 is 10.2 Å². The molecule has 0 aromatic rings. The van der Waals surface area contributed by atoms with Gasteiger partial charge in [0.1, 0.15) is 0 Å². The minimum atomic E-state index is -3.28. The summed E-state index contributed by atoms with van der Waals surface area (Å²) in [6.45, 7) is 6.98. The minimum absolute atomic E-state index is 0.455. The van der Waals surface area contributed by atoms with Gasteiger partial charge in [0.25, 0.3) is 10.2 Å². The van der Waals surface area contributed by atoms with E-state index in [0.29, 0.717) is 37.5 Å². The third kappa shape index (κ3) is 5.02. The zero-order valence-electron chi connectivity index (χ0n) is 12.1. The van der Waals surface area contributed by atoms with Crippen LogP contribution in [0.25, 0.3) is 0 Å². The maximum atomic E-state index is 12.2. The van der Waals surface area contributed by atoms with Gasteiger partial charge in [0.15, 0.2) is 0 Å². The summed E-state index contributed by atoms with van der Waals surface area (Å²) < 4.78 is 28.7. The van der Waals surface area contributed by atoms with Gasteiger partial charge in [-0.25, -0.2) is 4.72 Å². The van der Waals surface area contributed by atoms with Crippen molar-refractivity contribution in [2.75, 3.05) is 26.2 Å². The summed E-state index contributed by atoms with van der Waals surface area (Å²) in [5.41, 5.74) is 0. The van der Waals surface area contributed by atoms with E-state index in [-0.39, 0.29) is 0 Å². The van der Waals surface area contributed by atoms with Crippen LogP contribution in [-0.2, 0) is 10.2 Å². The molecule has 2 unspecified atom stereocenters. The van der Waals surface area contributed by atoms with Gasteiger partial charge in [0.2, 0.25) is 0 Å². The third-order valence-electron chi connectivity index (χ3n) is 3.82. The van der Waals surface area contributed by atoms with Crippen LogP contribution in [0.2, 0.25) is 0 Å². The highest BCUT2D eigenvalue weighted by molar-refractivity contribution is 7.87. The van der Waals surface area contributed by atoms with Crippen LogP contribution < -0.4 is 10.0 Å². The molecule has 0 bridgehead atoms. The highest BCUT2D eigenvalue weighted by Crippen LogP contribution is 2.22. The molecular weight excluding hydrogens is 262 g/mol. The standard InChI is InChI=1S/C13H27N3O2S/c1-11-8-12(2)10-16(9-11)19(17,18)15-7-3-6-14-13-4-5-13/h11-15H,3-10H2,1-2H3. The Morgan fingerprint density at radius 1 is 1.11 bits per heavy atom. The molecule has 2 atom stereocenters. The first-order valence-corrected chi connectivity index (χ1v) is 8.89. The van der Waals surface area contributed by atoms with E-state index in [0.717, 1.165) is 19.4 Å². The predicted octanol–water partition coefficient (Wildman–Crippen LogP) is 0.941. The van der Waals surface area contributed by atoms with E-state index >= 15 is 0 Å². The summed E-state index contributed by atoms with van der Waals surface area (Å²) in [6.07, 6.45) is 4.52. The van der Waals surface area contributed by atoms with Crippen LogP contribution in [0.3, 0.4) is 0 Å². The fourth-order valence-corrected chi connectivity index (χ4v) is 4.26. The summed E-state index contributed by atoms with van der Waals surface area (Å²) in [6, 6.07) is 0.695. The van der Waals surface area contributed by atoms with E-state index in [4.69, 9.17) is 0 Å². The average Bonchev–Trinajstić information content (AvgIpc) is 3.11. The van der Waals surface area contributed by atoms with Gasteiger partial charge in [-0.2, -0.15) is 12.7 Å². The van der Waals surface area contributed by atoms with Crippen molar-refractivity contribution in [2.24, 2.45) is 11.8 Å². The Bertz CT molecular complexity index is 371. The second-order valence-corrected chi connectivity index (χ2v) is 8.00. The minimum Gasteiger partial charge on any atom is -0.314 e. The summed E-state index contributed by atoms with van der Waals surface area (Å²) in [5.74, 6) is 0.911. The van der Waals surface area contributed by atoms with Crippen LogP contribution in [0.4, 0.5) is 0 Å². The first kappa shape index (κ1) is 15.2. The van der Waals surface area contributed by atoms with Gasteiger partial charge >= 0.3 is 0 Å². The fourth-order valence-electron chi connectivity index (χ4n) is 2.78. The van der Waals surface area contributed by atoms with E-state index in [9.17, 15) is 8.42 Å². The monoisotopic (exact) mass is 289 g/mol. The van der Waals surface area contributed by atoms with Gasteiger partial charge in [0, 0.05) is 25.7 Å². The molecule has 1 saturated heterocycles. The molecule has 1 saturated carbocycles. The Kier molecular flexibility index (Phi) is 5.22. The Morgan fingerprint density at radius 2 is 1.74 bits per heavy atom. The SMILES string of the molecule is CC1CC(C)CN(S(=O)(=O)NCCCNC2CC2)C1. The maximum Gasteiger partial charge on any atom is 0.279 e. The van der Waals surface area contributed by atoms with Gasteiger partial charge in [-0.1, -0.05) is 13.8 Å². The molecule has 112 valence electrons. The van der Waals surface area contributed by atoms with Crippen LogP contribution in [-0.4, -0.2) is 44.9 Å². The molecule has 1 aliphatic carbocycles. The summed E-state index contributed by atoms with van der Waals surface area (Å²) in [7, 11) is -3.28. The molecule has 0 amide bonds. The Morgan fingerprint density at radius 3 is 2.32 bits per heavy atom. The largest absolute Gasteiger partial charge is 0.314 e. The van der Waals surface area contributed by atoms with Crippen molar-refractivity contribution in [3.63, 3.8) is 0 Å². The van der Waals surface area contributed by atoms with Crippen LogP contribution in [0.5, 0.6) is 0 Å². The normalized spacial score (nSPS) is 29.6. The number of piperidine rings is 1. The highest BCUT2D eigenvalue weighted by Gasteiger charge is 2.29. The molecule has 2 fully saturated rings. The topological polar surface area (TPSA) is 61.4 Å². The molecule has 0 aromatic carbocycles. The molecule has 2 rings (SSSR count). The maximum absolute atomic E-state index is 12.2. The highest BCUT2D eigenvalue weighted by atomic mass is 32.2. The van der Waals surface area contributed by atoms with Crippen LogP contribution in [0.1, 0.15) is 39.5 Å². The summed E-state index contributed by atoms with van der Waals surface area (Å²) in [5, 5.41) is 3.39. The van der Waals surface area contributed by atoms with Crippen LogP contribution >= 0.6 is 0 Å². The molecule has 2 N–H and O–H groups in total. The number of nitrogens with zero attached hydrogens (tertiary/aromatic N) is 1. The van der Waals surface area contributed by atoms with Gasteiger partial charge in [-0.3, -0.25) is 0 Å². The number of nitrogens with one attached hydrogen (secondary N) is 2. The predicted molar refractivity (Wildman–Crippen MR) is 77.1 cm³/mol. The Labute approximate surface area is 117 Å². The Balaban J connectivity index is 1.70. The van der Waals surface area contributed by atoms with Crippen molar-refractivity contribution in [1.82, 2.24) is 14.3 Å². The third-order valence-corrected chi connectivity index (χ3v) is 5.37. The van der Waals surface area contributed by atoms with Crippen LogP contribution in [0, 0.1) is 11.8 Å². The van der Waals surface area contributed by atoms with Crippen molar-refractivity contribution in [2.45, 2.75) is 45.6 Å². The lowest BCUT2D eigenvalue weighted by molar-refractivity contribution is 0.220. The van der Waals surface area contributed by atoms with E-state index in [1.807, 2.05) is 0 Å². The van der Waals surface area contributed by atoms with E-state index in [1.165, 1.54) is 12.8 Å². The molecule has 5 nitrogen and oxygen atoms in total. The number of hydrogen-bond donors (Lipinski definition) is 2. The molecular formula is C13H27N3O2S. The summed E-state index contributed by atoms with van der Waals surface area (Å²) in [4.78, 5) is 0. The molecule has 1 heterocycles. The lowest BCUT2D eigenvalue weighted by Crippen LogP contribution is -2.48. The number of hydrogen-bond acceptors (Lipinski definition) is 3. The first-order chi connectivity index (χ1) is 8.97. The second kappa shape index (κ2) is 6.52. The molecule has 19 heavy (non-hydrogen) atoms. The average molecular weight is 289 g/mol. The number of rotatable bonds is 7.